The fourth-order valence-electron chi connectivity index (χ4n) is 5.54. The molecule has 0 aliphatic rings. The van der Waals surface area contributed by atoms with Crippen LogP contribution in [0.25, 0.3) is 22.3 Å². The highest BCUT2D eigenvalue weighted by atomic mass is 14.1. The van der Waals surface area contributed by atoms with Gasteiger partial charge >= 0.3 is 0 Å². The zero-order valence-corrected chi connectivity index (χ0v) is 23.9. The van der Waals surface area contributed by atoms with Crippen molar-refractivity contribution in [2.24, 2.45) is 5.92 Å². The Labute approximate surface area is 227 Å². The van der Waals surface area contributed by atoms with Crippen LogP contribution in [0.1, 0.15) is 99.5 Å². The van der Waals surface area contributed by atoms with Gasteiger partial charge in [-0.25, -0.2) is 0 Å². The van der Waals surface area contributed by atoms with E-state index >= 15 is 0 Å². The monoisotopic (exact) mass is 492 g/mol. The molecule has 0 fully saturated rings. The van der Waals surface area contributed by atoms with Crippen molar-refractivity contribution in [3.05, 3.63) is 108 Å². The summed E-state index contributed by atoms with van der Waals surface area (Å²) in [6.07, 6.45) is 12.4. The van der Waals surface area contributed by atoms with Crippen molar-refractivity contribution in [2.45, 2.75) is 91.9 Å². The van der Waals surface area contributed by atoms with Gasteiger partial charge in [0.2, 0.25) is 0 Å². The summed E-state index contributed by atoms with van der Waals surface area (Å²) in [5.41, 5.74) is 11.6. The summed E-state index contributed by atoms with van der Waals surface area (Å²) >= 11 is 0. The van der Waals surface area contributed by atoms with E-state index in [9.17, 15) is 0 Å². The summed E-state index contributed by atoms with van der Waals surface area (Å²) < 4.78 is 0. The van der Waals surface area contributed by atoms with Crippen LogP contribution in [0.4, 0.5) is 0 Å². The molecule has 3 rings (SSSR count). The fourth-order valence-corrected chi connectivity index (χ4v) is 5.54. The lowest BCUT2D eigenvalue weighted by Gasteiger charge is -2.16. The molecule has 0 saturated heterocycles. The first-order chi connectivity index (χ1) is 17.9. The molecule has 3 aromatic carbocycles. The van der Waals surface area contributed by atoms with Gasteiger partial charge in [-0.3, -0.25) is 0 Å². The molecule has 37 heavy (non-hydrogen) atoms. The quantitative estimate of drug-likeness (QED) is 0.185. The van der Waals surface area contributed by atoms with Crippen LogP contribution in [0.3, 0.4) is 0 Å². The van der Waals surface area contributed by atoms with E-state index < -0.39 is 0 Å². The van der Waals surface area contributed by atoms with Gasteiger partial charge in [-0.15, -0.1) is 0 Å². The van der Waals surface area contributed by atoms with Crippen LogP contribution in [0.5, 0.6) is 0 Å². The SMILES string of the molecule is C=C(CCc1cccc(C)c1)c1ccc(-c2ccc(C)c(C(=C)CCCCC(CCC)CCC)c2)cc1. The maximum absolute atomic E-state index is 4.49. The zero-order valence-electron chi connectivity index (χ0n) is 23.9. The van der Waals surface area contributed by atoms with Crippen LogP contribution in [0.15, 0.2) is 79.9 Å². The van der Waals surface area contributed by atoms with Crippen molar-refractivity contribution in [2.75, 3.05) is 0 Å². The van der Waals surface area contributed by atoms with Crippen molar-refractivity contribution < 1.29 is 0 Å². The first-order valence-corrected chi connectivity index (χ1v) is 14.5. The largest absolute Gasteiger partial charge is 0.0952 e. The third kappa shape index (κ3) is 8.89. The van der Waals surface area contributed by atoms with Crippen molar-refractivity contribution >= 4 is 11.1 Å². The lowest BCUT2D eigenvalue weighted by molar-refractivity contribution is 0.396. The average molecular weight is 493 g/mol. The van der Waals surface area contributed by atoms with Crippen LogP contribution in [0.2, 0.25) is 0 Å². The lowest BCUT2D eigenvalue weighted by atomic mass is 9.90. The maximum Gasteiger partial charge on any atom is -0.0178 e. The van der Waals surface area contributed by atoms with Gasteiger partial charge in [0.1, 0.15) is 0 Å². The van der Waals surface area contributed by atoms with Crippen molar-refractivity contribution in [1.29, 1.82) is 0 Å². The molecule has 0 amide bonds. The number of rotatable bonds is 15. The molecule has 0 aromatic heterocycles. The second-order valence-electron chi connectivity index (χ2n) is 11.0. The third-order valence-electron chi connectivity index (χ3n) is 7.78. The van der Waals surface area contributed by atoms with Gasteiger partial charge in [-0.1, -0.05) is 132 Å². The summed E-state index contributed by atoms with van der Waals surface area (Å²) in [5, 5.41) is 0. The Morgan fingerprint density at radius 1 is 0.703 bits per heavy atom. The van der Waals surface area contributed by atoms with Crippen LogP contribution < -0.4 is 0 Å². The van der Waals surface area contributed by atoms with Gasteiger partial charge in [0.05, 0.1) is 0 Å². The van der Waals surface area contributed by atoms with Crippen molar-refractivity contribution in [3.63, 3.8) is 0 Å². The molecule has 0 heterocycles. The van der Waals surface area contributed by atoms with Crippen molar-refractivity contribution in [1.82, 2.24) is 0 Å². The first kappa shape index (κ1) is 28.7. The van der Waals surface area contributed by atoms with E-state index in [0.717, 1.165) is 25.2 Å². The Bertz CT molecular complexity index is 1140. The highest BCUT2D eigenvalue weighted by molar-refractivity contribution is 5.75. The molecule has 0 unspecified atom stereocenters. The number of aryl methyl sites for hydroxylation is 3. The number of hydrogen-bond acceptors (Lipinski definition) is 0. The van der Waals surface area contributed by atoms with E-state index in [1.54, 1.807) is 0 Å². The van der Waals surface area contributed by atoms with E-state index in [1.165, 1.54) is 95.0 Å². The Morgan fingerprint density at radius 3 is 2.08 bits per heavy atom. The van der Waals surface area contributed by atoms with Crippen LogP contribution >= 0.6 is 0 Å². The zero-order chi connectivity index (χ0) is 26.6. The average Bonchev–Trinajstić information content (AvgIpc) is 2.90. The molecular weight excluding hydrogens is 444 g/mol. The molecule has 0 bridgehead atoms. The van der Waals surface area contributed by atoms with Crippen molar-refractivity contribution in [3.8, 4) is 11.1 Å². The van der Waals surface area contributed by atoms with E-state index in [1.807, 2.05) is 0 Å². The van der Waals surface area contributed by atoms with Crippen LogP contribution in [-0.4, -0.2) is 0 Å². The Hall–Kier alpha value is -2.86. The molecule has 0 aliphatic heterocycles. The minimum Gasteiger partial charge on any atom is -0.0952 e. The first-order valence-electron chi connectivity index (χ1n) is 14.5. The molecule has 0 aliphatic carbocycles. The molecule has 0 spiro atoms. The minimum atomic E-state index is 0.912. The topological polar surface area (TPSA) is 0 Å². The molecule has 0 heteroatoms. The number of benzene rings is 3. The van der Waals surface area contributed by atoms with Gasteiger partial charge in [-0.2, -0.15) is 0 Å². The molecule has 0 nitrogen and oxygen atoms in total. The van der Waals surface area contributed by atoms with E-state index in [-0.39, 0.29) is 0 Å². The van der Waals surface area contributed by atoms with Gasteiger partial charge < -0.3 is 0 Å². The summed E-state index contributed by atoms with van der Waals surface area (Å²) in [7, 11) is 0. The number of unbranched alkanes of at least 4 members (excludes halogenated alkanes) is 1. The highest BCUT2D eigenvalue weighted by Crippen LogP contribution is 2.30. The standard InChI is InChI=1S/C37H48/c1-7-12-32(13-8-2)16-10-9-15-30(5)37-27-36(21-19-31(37)6)35-24-22-34(23-25-35)29(4)18-20-33-17-11-14-28(3)26-33/h11,14,17,19,21-27,32H,4-5,7-10,12-13,15-16,18,20H2,1-3,6H3. The molecule has 0 saturated carbocycles. The molecule has 0 radical (unpaired) electrons. The van der Waals surface area contributed by atoms with E-state index in [2.05, 4.69) is 108 Å². The van der Waals surface area contributed by atoms with Gasteiger partial charge in [0.25, 0.3) is 0 Å². The van der Waals surface area contributed by atoms with E-state index in [4.69, 9.17) is 0 Å². The van der Waals surface area contributed by atoms with Gasteiger partial charge in [0, 0.05) is 0 Å². The predicted octanol–water partition coefficient (Wildman–Crippen LogP) is 11.4. The minimum absolute atomic E-state index is 0.912. The second-order valence-corrected chi connectivity index (χ2v) is 11.0. The number of allylic oxidation sites excluding steroid dienone is 2. The molecule has 3 aromatic rings. The lowest BCUT2D eigenvalue weighted by Crippen LogP contribution is -2.00. The third-order valence-corrected chi connectivity index (χ3v) is 7.78. The molecule has 0 N–H and O–H groups in total. The summed E-state index contributed by atoms with van der Waals surface area (Å²) in [4.78, 5) is 0. The summed E-state index contributed by atoms with van der Waals surface area (Å²) in [6, 6.07) is 24.6. The maximum atomic E-state index is 4.49. The van der Waals surface area contributed by atoms with Crippen LogP contribution in [0, 0.1) is 19.8 Å². The summed E-state index contributed by atoms with van der Waals surface area (Å²) in [6.45, 7) is 17.9. The smallest absolute Gasteiger partial charge is 0.0178 e. The van der Waals surface area contributed by atoms with Gasteiger partial charge in [-0.05, 0) is 96.0 Å². The van der Waals surface area contributed by atoms with E-state index in [0.29, 0.717) is 0 Å². The Kier molecular flexibility index (Phi) is 11.5. The predicted molar refractivity (Wildman–Crippen MR) is 166 cm³/mol. The molecular formula is C37H48. The second kappa shape index (κ2) is 14.8. The Morgan fingerprint density at radius 2 is 1.41 bits per heavy atom. The normalized spacial score (nSPS) is 11.2. The van der Waals surface area contributed by atoms with Crippen LogP contribution in [-0.2, 0) is 6.42 Å². The molecule has 0 atom stereocenters. The fraction of sp³-hybridized carbons (Fsp3) is 0.405. The van der Waals surface area contributed by atoms with Gasteiger partial charge in [0.15, 0.2) is 0 Å². The number of hydrogen-bond donors (Lipinski definition) is 0. The Balaban J connectivity index is 1.58. The summed E-state index contributed by atoms with van der Waals surface area (Å²) in [5.74, 6) is 0.912. The molecule has 196 valence electrons. The highest BCUT2D eigenvalue weighted by Gasteiger charge is 2.10.